The molecular formula is C8H12N2O2. The van der Waals surface area contributed by atoms with Gasteiger partial charge in [-0.1, -0.05) is 6.07 Å². The van der Waals surface area contributed by atoms with Crippen LogP contribution >= 0.6 is 0 Å². The smallest absolute Gasteiger partial charge is 0.252 e. The van der Waals surface area contributed by atoms with Crippen LogP contribution in [-0.2, 0) is 0 Å². The van der Waals surface area contributed by atoms with Gasteiger partial charge in [0.2, 0.25) is 0 Å². The number of rotatable bonds is 3. The first-order chi connectivity index (χ1) is 5.79. The van der Waals surface area contributed by atoms with Gasteiger partial charge in [-0.3, -0.25) is 4.79 Å². The van der Waals surface area contributed by atoms with Gasteiger partial charge in [-0.05, 0) is 13.1 Å². The Morgan fingerprint density at radius 2 is 2.50 bits per heavy atom. The zero-order valence-corrected chi connectivity index (χ0v) is 6.87. The number of aliphatic hydroxyl groups is 1. The van der Waals surface area contributed by atoms with E-state index in [9.17, 15) is 4.79 Å². The number of aromatic amines is 1. The highest BCUT2D eigenvalue weighted by atomic mass is 16.3. The summed E-state index contributed by atoms with van der Waals surface area (Å²) in [4.78, 5) is 13.7. The lowest BCUT2D eigenvalue weighted by molar-refractivity contribution is 0.250. The van der Waals surface area contributed by atoms with Crippen LogP contribution in [0.1, 0.15) is 11.6 Å². The third-order valence-corrected chi connectivity index (χ3v) is 1.76. The highest BCUT2D eigenvalue weighted by molar-refractivity contribution is 5.13. The summed E-state index contributed by atoms with van der Waals surface area (Å²) in [5, 5.41) is 11.7. The van der Waals surface area contributed by atoms with Gasteiger partial charge in [0.25, 0.3) is 5.56 Å². The molecule has 4 nitrogen and oxygen atoms in total. The molecule has 0 spiro atoms. The van der Waals surface area contributed by atoms with Crippen LogP contribution in [-0.4, -0.2) is 23.7 Å². The molecule has 1 aromatic rings. The van der Waals surface area contributed by atoms with Gasteiger partial charge in [-0.15, -0.1) is 0 Å². The molecule has 0 aliphatic carbocycles. The highest BCUT2D eigenvalue weighted by Gasteiger charge is 2.09. The minimum Gasteiger partial charge on any atom is -0.394 e. The zero-order chi connectivity index (χ0) is 8.97. The van der Waals surface area contributed by atoms with Crippen molar-refractivity contribution in [2.45, 2.75) is 6.04 Å². The molecule has 0 aliphatic rings. The van der Waals surface area contributed by atoms with Crippen LogP contribution in [0, 0.1) is 0 Å². The minimum atomic E-state index is -0.282. The topological polar surface area (TPSA) is 65.1 Å². The van der Waals surface area contributed by atoms with E-state index in [1.165, 1.54) is 0 Å². The van der Waals surface area contributed by atoms with Gasteiger partial charge in [-0.2, -0.15) is 0 Å². The normalized spacial score (nSPS) is 12.8. The van der Waals surface area contributed by atoms with Crippen molar-refractivity contribution in [2.24, 2.45) is 0 Å². The third-order valence-electron chi connectivity index (χ3n) is 1.76. The standard InChI is InChI=1S/C8H12N2O2/c1-9-7(5-11)6-3-2-4-10-8(6)12/h2-4,7,9,11H,5H2,1H3,(H,10,12)/t7-/m1/s1. The molecule has 4 heteroatoms. The molecule has 1 heterocycles. The van der Waals surface area contributed by atoms with Crippen LogP contribution in [0.2, 0.25) is 0 Å². The van der Waals surface area contributed by atoms with E-state index in [0.29, 0.717) is 5.56 Å². The van der Waals surface area contributed by atoms with E-state index in [2.05, 4.69) is 10.3 Å². The summed E-state index contributed by atoms with van der Waals surface area (Å²) in [5.74, 6) is 0. The lowest BCUT2D eigenvalue weighted by Crippen LogP contribution is -2.26. The van der Waals surface area contributed by atoms with Crippen molar-refractivity contribution in [3.8, 4) is 0 Å². The van der Waals surface area contributed by atoms with Crippen molar-refractivity contribution in [1.29, 1.82) is 0 Å². The fraction of sp³-hybridized carbons (Fsp3) is 0.375. The molecule has 0 bridgehead atoms. The Morgan fingerprint density at radius 3 is 3.00 bits per heavy atom. The van der Waals surface area contributed by atoms with Crippen LogP contribution in [0.3, 0.4) is 0 Å². The minimum absolute atomic E-state index is 0.0798. The van der Waals surface area contributed by atoms with Gasteiger partial charge < -0.3 is 15.4 Å². The van der Waals surface area contributed by atoms with Crippen LogP contribution in [0.4, 0.5) is 0 Å². The Kier molecular flexibility index (Phi) is 3.01. The second-order valence-corrected chi connectivity index (χ2v) is 2.48. The van der Waals surface area contributed by atoms with E-state index >= 15 is 0 Å². The molecule has 0 aromatic carbocycles. The zero-order valence-electron chi connectivity index (χ0n) is 6.87. The first-order valence-corrected chi connectivity index (χ1v) is 3.75. The molecule has 0 amide bonds. The van der Waals surface area contributed by atoms with Gasteiger partial charge in [0.05, 0.1) is 12.6 Å². The fourth-order valence-electron chi connectivity index (χ4n) is 1.05. The number of aromatic nitrogens is 1. The van der Waals surface area contributed by atoms with Gasteiger partial charge in [0.1, 0.15) is 0 Å². The van der Waals surface area contributed by atoms with Crippen LogP contribution < -0.4 is 10.9 Å². The first-order valence-electron chi connectivity index (χ1n) is 3.75. The monoisotopic (exact) mass is 168 g/mol. The number of aliphatic hydroxyl groups excluding tert-OH is 1. The summed E-state index contributed by atoms with van der Waals surface area (Å²) in [7, 11) is 1.70. The predicted octanol–water partition coefficient (Wildman–Crippen LogP) is -0.372. The second kappa shape index (κ2) is 4.04. The molecular weight excluding hydrogens is 156 g/mol. The highest BCUT2D eigenvalue weighted by Crippen LogP contribution is 2.04. The van der Waals surface area contributed by atoms with Crippen molar-refractivity contribution in [2.75, 3.05) is 13.7 Å². The lowest BCUT2D eigenvalue weighted by atomic mass is 10.1. The molecule has 3 N–H and O–H groups in total. The number of nitrogens with one attached hydrogen (secondary N) is 2. The van der Waals surface area contributed by atoms with Crippen LogP contribution in [0.15, 0.2) is 23.1 Å². The molecule has 0 radical (unpaired) electrons. The van der Waals surface area contributed by atoms with E-state index in [1.54, 1.807) is 25.4 Å². The number of pyridine rings is 1. The molecule has 12 heavy (non-hydrogen) atoms. The predicted molar refractivity (Wildman–Crippen MR) is 45.9 cm³/mol. The lowest BCUT2D eigenvalue weighted by Gasteiger charge is -2.11. The van der Waals surface area contributed by atoms with E-state index in [1.807, 2.05) is 0 Å². The Labute approximate surface area is 70.3 Å². The van der Waals surface area contributed by atoms with Gasteiger partial charge in [0.15, 0.2) is 0 Å². The Balaban J connectivity index is 3.00. The average Bonchev–Trinajstić information content (AvgIpc) is 2.10. The van der Waals surface area contributed by atoms with Gasteiger partial charge in [0, 0.05) is 11.8 Å². The Morgan fingerprint density at radius 1 is 1.75 bits per heavy atom. The molecule has 1 aromatic heterocycles. The van der Waals surface area contributed by atoms with E-state index in [0.717, 1.165) is 0 Å². The first kappa shape index (κ1) is 8.96. The Hall–Kier alpha value is -1.13. The molecule has 0 saturated carbocycles. The number of hydrogen-bond donors (Lipinski definition) is 3. The summed E-state index contributed by atoms with van der Waals surface area (Å²) >= 11 is 0. The molecule has 0 unspecified atom stereocenters. The maximum atomic E-state index is 11.2. The number of H-pyrrole nitrogens is 1. The summed E-state index contributed by atoms with van der Waals surface area (Å²) in [6, 6.07) is 3.14. The maximum absolute atomic E-state index is 11.2. The van der Waals surface area contributed by atoms with E-state index in [-0.39, 0.29) is 18.2 Å². The van der Waals surface area contributed by atoms with Crippen molar-refractivity contribution in [1.82, 2.24) is 10.3 Å². The summed E-state index contributed by atoms with van der Waals surface area (Å²) in [6.07, 6.45) is 1.57. The average molecular weight is 168 g/mol. The number of hydrogen-bond acceptors (Lipinski definition) is 3. The van der Waals surface area contributed by atoms with E-state index < -0.39 is 0 Å². The SMILES string of the molecule is CN[C@H](CO)c1ccc[nH]c1=O. The van der Waals surface area contributed by atoms with E-state index in [4.69, 9.17) is 5.11 Å². The van der Waals surface area contributed by atoms with Crippen molar-refractivity contribution in [3.05, 3.63) is 34.2 Å². The fourth-order valence-corrected chi connectivity index (χ4v) is 1.05. The summed E-state index contributed by atoms with van der Waals surface area (Å²) in [6.45, 7) is -0.0798. The van der Waals surface area contributed by atoms with Crippen molar-refractivity contribution < 1.29 is 5.11 Å². The maximum Gasteiger partial charge on any atom is 0.252 e. The molecule has 0 saturated heterocycles. The quantitative estimate of drug-likeness (QED) is 0.577. The van der Waals surface area contributed by atoms with Gasteiger partial charge >= 0.3 is 0 Å². The van der Waals surface area contributed by atoms with Gasteiger partial charge in [-0.25, -0.2) is 0 Å². The molecule has 66 valence electrons. The van der Waals surface area contributed by atoms with Crippen LogP contribution in [0.5, 0.6) is 0 Å². The molecule has 1 rings (SSSR count). The third kappa shape index (κ3) is 1.72. The van der Waals surface area contributed by atoms with Crippen LogP contribution in [0.25, 0.3) is 0 Å². The molecule has 1 atom stereocenters. The van der Waals surface area contributed by atoms with Crippen molar-refractivity contribution >= 4 is 0 Å². The molecule has 0 fully saturated rings. The molecule has 0 aliphatic heterocycles. The second-order valence-electron chi connectivity index (χ2n) is 2.48. The van der Waals surface area contributed by atoms with Crippen molar-refractivity contribution in [3.63, 3.8) is 0 Å². The Bertz CT molecular complexity index is 291. The number of likely N-dealkylation sites (N-methyl/N-ethyl adjacent to an activating group) is 1. The summed E-state index contributed by atoms with van der Waals surface area (Å²) in [5.41, 5.74) is 0.397. The summed E-state index contributed by atoms with van der Waals surface area (Å²) < 4.78 is 0. The largest absolute Gasteiger partial charge is 0.394 e.